The van der Waals surface area contributed by atoms with Gasteiger partial charge in [0, 0.05) is 17.5 Å². The number of nitrogens with one attached hydrogen (secondary N) is 1. The van der Waals surface area contributed by atoms with Gasteiger partial charge in [0.05, 0.1) is 12.3 Å². The van der Waals surface area contributed by atoms with Crippen LogP contribution in [0.1, 0.15) is 29.7 Å². The Labute approximate surface area is 116 Å². The fourth-order valence-corrected chi connectivity index (χ4v) is 3.07. The Morgan fingerprint density at radius 2 is 2.05 bits per heavy atom. The lowest BCUT2D eigenvalue weighted by Gasteiger charge is -2.14. The van der Waals surface area contributed by atoms with Gasteiger partial charge in [-0.3, -0.25) is 4.79 Å². The van der Waals surface area contributed by atoms with E-state index in [1.165, 1.54) is 5.56 Å². The molecule has 2 aromatic rings. The molecule has 0 fully saturated rings. The first-order valence-electron chi connectivity index (χ1n) is 7.19. The van der Waals surface area contributed by atoms with Gasteiger partial charge >= 0.3 is 0 Å². The highest BCUT2D eigenvalue weighted by molar-refractivity contribution is 5.59. The number of benzene rings is 1. The first-order chi connectivity index (χ1) is 9.81. The van der Waals surface area contributed by atoms with Crippen molar-refractivity contribution in [3.05, 3.63) is 45.4 Å². The molecule has 4 nitrogen and oxygen atoms in total. The van der Waals surface area contributed by atoms with E-state index in [1.54, 1.807) is 0 Å². The molecule has 0 unspecified atom stereocenters. The average Bonchev–Trinajstić information content (AvgIpc) is 2.94. The molecule has 0 spiro atoms. The number of aromatic nitrogens is 2. The van der Waals surface area contributed by atoms with Crippen LogP contribution < -0.4 is 10.3 Å². The molecule has 4 rings (SSSR count). The van der Waals surface area contributed by atoms with E-state index >= 15 is 0 Å². The molecule has 2 heterocycles. The molecular weight excluding hydrogens is 252 g/mol. The summed E-state index contributed by atoms with van der Waals surface area (Å²) in [5, 5.41) is 0. The van der Waals surface area contributed by atoms with E-state index in [4.69, 9.17) is 4.74 Å². The molecule has 0 bridgehead atoms. The fraction of sp³-hybridized carbons (Fsp3) is 0.375. The van der Waals surface area contributed by atoms with Crippen LogP contribution in [-0.4, -0.2) is 16.6 Å². The van der Waals surface area contributed by atoms with Crippen LogP contribution in [0.4, 0.5) is 0 Å². The molecule has 102 valence electrons. The van der Waals surface area contributed by atoms with Crippen molar-refractivity contribution < 1.29 is 4.74 Å². The maximum Gasteiger partial charge on any atom is 0.254 e. The van der Waals surface area contributed by atoms with E-state index in [2.05, 4.69) is 16.0 Å². The smallest absolute Gasteiger partial charge is 0.254 e. The average molecular weight is 268 g/mol. The van der Waals surface area contributed by atoms with Crippen LogP contribution in [0.5, 0.6) is 5.75 Å². The van der Waals surface area contributed by atoms with Gasteiger partial charge in [0.25, 0.3) is 5.56 Å². The van der Waals surface area contributed by atoms with Crippen LogP contribution >= 0.6 is 0 Å². The van der Waals surface area contributed by atoms with E-state index in [9.17, 15) is 4.79 Å². The Bertz CT molecular complexity index is 734. The maximum atomic E-state index is 12.2. The Kier molecular flexibility index (Phi) is 2.62. The molecular formula is C16H16N2O2. The van der Waals surface area contributed by atoms with Crippen molar-refractivity contribution in [2.75, 3.05) is 6.61 Å². The van der Waals surface area contributed by atoms with Gasteiger partial charge in [-0.25, -0.2) is 4.98 Å². The van der Waals surface area contributed by atoms with Crippen LogP contribution in [0.3, 0.4) is 0 Å². The van der Waals surface area contributed by atoms with Crippen molar-refractivity contribution in [1.29, 1.82) is 0 Å². The third kappa shape index (κ3) is 1.83. The van der Waals surface area contributed by atoms with Crippen LogP contribution in [0.15, 0.2) is 23.0 Å². The zero-order valence-electron chi connectivity index (χ0n) is 11.2. The van der Waals surface area contributed by atoms with Crippen molar-refractivity contribution in [2.24, 2.45) is 0 Å². The van der Waals surface area contributed by atoms with Gasteiger partial charge in [0.2, 0.25) is 0 Å². The van der Waals surface area contributed by atoms with Gasteiger partial charge in [0.15, 0.2) is 0 Å². The summed E-state index contributed by atoms with van der Waals surface area (Å²) in [6.07, 6.45) is 4.92. The van der Waals surface area contributed by atoms with Crippen molar-refractivity contribution in [3.8, 4) is 17.1 Å². The number of H-pyrrole nitrogens is 1. The van der Waals surface area contributed by atoms with Crippen molar-refractivity contribution in [2.45, 2.75) is 32.1 Å². The summed E-state index contributed by atoms with van der Waals surface area (Å²) in [5.41, 5.74) is 4.06. The van der Waals surface area contributed by atoms with Crippen LogP contribution in [0.2, 0.25) is 0 Å². The number of aryl methyl sites for hydroxylation is 1. The Balaban J connectivity index is 1.82. The number of nitrogens with zero attached hydrogens (tertiary/aromatic N) is 1. The van der Waals surface area contributed by atoms with E-state index in [0.717, 1.165) is 61.3 Å². The van der Waals surface area contributed by atoms with E-state index in [-0.39, 0.29) is 5.56 Å². The Hall–Kier alpha value is -2.10. The second-order valence-electron chi connectivity index (χ2n) is 5.47. The summed E-state index contributed by atoms with van der Waals surface area (Å²) in [7, 11) is 0. The largest absolute Gasteiger partial charge is 0.493 e. The fourth-order valence-electron chi connectivity index (χ4n) is 3.07. The van der Waals surface area contributed by atoms with E-state index < -0.39 is 0 Å². The van der Waals surface area contributed by atoms with Gasteiger partial charge in [-0.15, -0.1) is 0 Å². The molecule has 20 heavy (non-hydrogen) atoms. The first kappa shape index (κ1) is 11.7. The monoisotopic (exact) mass is 268 g/mol. The van der Waals surface area contributed by atoms with Crippen molar-refractivity contribution in [1.82, 2.24) is 9.97 Å². The molecule has 0 amide bonds. The lowest BCUT2D eigenvalue weighted by molar-refractivity contribution is 0.357. The summed E-state index contributed by atoms with van der Waals surface area (Å²) >= 11 is 0. The number of hydrogen-bond acceptors (Lipinski definition) is 3. The van der Waals surface area contributed by atoms with Crippen molar-refractivity contribution >= 4 is 0 Å². The summed E-state index contributed by atoms with van der Waals surface area (Å²) in [6, 6.07) is 6.02. The van der Waals surface area contributed by atoms with E-state index in [0.29, 0.717) is 5.82 Å². The number of aromatic amines is 1. The number of fused-ring (bicyclic) bond motifs is 2. The third-order valence-electron chi connectivity index (χ3n) is 4.15. The molecule has 1 aromatic heterocycles. The summed E-state index contributed by atoms with van der Waals surface area (Å²) in [6.45, 7) is 0.743. The predicted octanol–water partition coefficient (Wildman–Crippen LogP) is 2.25. The molecule has 1 N–H and O–H groups in total. The molecule has 1 aliphatic carbocycles. The van der Waals surface area contributed by atoms with Crippen LogP contribution in [0.25, 0.3) is 11.4 Å². The molecule has 1 aromatic carbocycles. The van der Waals surface area contributed by atoms with Crippen molar-refractivity contribution in [3.63, 3.8) is 0 Å². The highest BCUT2D eigenvalue weighted by Gasteiger charge is 2.18. The third-order valence-corrected chi connectivity index (χ3v) is 4.15. The number of ether oxygens (including phenoxy) is 1. The minimum atomic E-state index is 0.0291. The summed E-state index contributed by atoms with van der Waals surface area (Å²) in [4.78, 5) is 19.8. The second-order valence-corrected chi connectivity index (χ2v) is 5.47. The van der Waals surface area contributed by atoms with Crippen LogP contribution in [-0.2, 0) is 19.3 Å². The highest BCUT2D eigenvalue weighted by atomic mass is 16.5. The second kappa shape index (κ2) is 4.47. The SMILES string of the molecule is O=c1[nH]c(-c2ccc3c(c2)CCO3)nc2c1CCCC2. The predicted molar refractivity (Wildman–Crippen MR) is 76.1 cm³/mol. The standard InChI is InChI=1S/C16H16N2O2/c19-16-12-3-1-2-4-13(12)17-15(18-16)11-5-6-14-10(9-11)7-8-20-14/h5-6,9H,1-4,7-8H2,(H,17,18,19). The lowest BCUT2D eigenvalue weighted by atomic mass is 9.97. The Morgan fingerprint density at radius 1 is 1.15 bits per heavy atom. The minimum Gasteiger partial charge on any atom is -0.493 e. The molecule has 1 aliphatic heterocycles. The van der Waals surface area contributed by atoms with Gasteiger partial charge in [-0.05, 0) is 49.4 Å². The van der Waals surface area contributed by atoms with E-state index in [1.807, 2.05) is 12.1 Å². The normalized spacial score (nSPS) is 16.4. The molecule has 2 aliphatic rings. The number of rotatable bonds is 1. The minimum absolute atomic E-state index is 0.0291. The maximum absolute atomic E-state index is 12.2. The lowest BCUT2D eigenvalue weighted by Crippen LogP contribution is -2.21. The summed E-state index contributed by atoms with van der Waals surface area (Å²) in [5.74, 6) is 1.64. The quantitative estimate of drug-likeness (QED) is 0.863. The molecule has 0 radical (unpaired) electrons. The topological polar surface area (TPSA) is 55.0 Å². The zero-order valence-corrected chi connectivity index (χ0v) is 11.2. The first-order valence-corrected chi connectivity index (χ1v) is 7.19. The van der Waals surface area contributed by atoms with Gasteiger partial charge in [0.1, 0.15) is 11.6 Å². The van der Waals surface area contributed by atoms with Gasteiger partial charge < -0.3 is 9.72 Å². The molecule has 4 heteroatoms. The van der Waals surface area contributed by atoms with Gasteiger partial charge in [-0.1, -0.05) is 0 Å². The van der Waals surface area contributed by atoms with Crippen LogP contribution in [0, 0.1) is 0 Å². The van der Waals surface area contributed by atoms with Gasteiger partial charge in [-0.2, -0.15) is 0 Å². The Morgan fingerprint density at radius 3 is 3.00 bits per heavy atom. The summed E-state index contributed by atoms with van der Waals surface area (Å²) < 4.78 is 5.51. The highest BCUT2D eigenvalue weighted by Crippen LogP contribution is 2.29. The zero-order chi connectivity index (χ0) is 13.5. The molecule has 0 saturated carbocycles. The number of hydrogen-bond donors (Lipinski definition) is 1. The molecule has 0 saturated heterocycles. The molecule has 0 atom stereocenters.